The number of rotatable bonds is 5. The molecule has 1 aromatic heterocycles. The summed E-state index contributed by atoms with van der Waals surface area (Å²) in [6, 6.07) is 10.4. The van der Waals surface area contributed by atoms with Crippen LogP contribution in [0.25, 0.3) is 11.4 Å². The number of nitrogens with zero attached hydrogens (tertiary/aromatic N) is 3. The summed E-state index contributed by atoms with van der Waals surface area (Å²) in [6.07, 6.45) is -8.92. The Hall–Kier alpha value is -3.13. The molecule has 202 valence electrons. The molecule has 3 rings (SSSR count). The molecule has 0 amide bonds. The second-order valence-electron chi connectivity index (χ2n) is 7.75. The van der Waals surface area contributed by atoms with Crippen molar-refractivity contribution in [2.75, 3.05) is 32.7 Å². The summed E-state index contributed by atoms with van der Waals surface area (Å²) in [4.78, 5) is 31.1. The quantitative estimate of drug-likeness (QED) is 0.502. The van der Waals surface area contributed by atoms with E-state index in [0.717, 1.165) is 31.0 Å². The van der Waals surface area contributed by atoms with Gasteiger partial charge in [0.15, 0.2) is 0 Å². The molecule has 8 nitrogen and oxygen atoms in total. The van der Waals surface area contributed by atoms with Crippen molar-refractivity contribution in [3.8, 4) is 11.4 Å². The lowest BCUT2D eigenvalue weighted by molar-refractivity contribution is -0.193. The third-order valence-electron chi connectivity index (χ3n) is 4.90. The van der Waals surface area contributed by atoms with E-state index < -0.39 is 24.3 Å². The van der Waals surface area contributed by atoms with Gasteiger partial charge in [-0.1, -0.05) is 37.3 Å². The van der Waals surface area contributed by atoms with Crippen LogP contribution in [0.1, 0.15) is 24.7 Å². The predicted molar refractivity (Wildman–Crippen MR) is 118 cm³/mol. The van der Waals surface area contributed by atoms with Crippen molar-refractivity contribution in [2.45, 2.75) is 39.2 Å². The third kappa shape index (κ3) is 11.1. The van der Waals surface area contributed by atoms with Gasteiger partial charge in [0.25, 0.3) is 0 Å². The lowest BCUT2D eigenvalue weighted by Gasteiger charge is -2.34. The smallest absolute Gasteiger partial charge is 0.475 e. The Morgan fingerprint density at radius 1 is 0.917 bits per heavy atom. The van der Waals surface area contributed by atoms with Crippen molar-refractivity contribution in [3.63, 3.8) is 0 Å². The number of imidazole rings is 1. The summed E-state index contributed by atoms with van der Waals surface area (Å²) in [5, 5.41) is 14.2. The Morgan fingerprint density at radius 3 is 1.78 bits per heavy atom. The van der Waals surface area contributed by atoms with Crippen LogP contribution in [0.3, 0.4) is 0 Å². The molecular weight excluding hydrogens is 498 g/mol. The van der Waals surface area contributed by atoms with E-state index in [1.807, 2.05) is 6.07 Å². The van der Waals surface area contributed by atoms with E-state index in [-0.39, 0.29) is 0 Å². The number of H-pyrrole nitrogens is 1. The molecule has 14 heteroatoms. The van der Waals surface area contributed by atoms with E-state index in [1.165, 1.54) is 37.4 Å². The molecule has 0 unspecified atom stereocenters. The molecule has 1 saturated heterocycles. The fourth-order valence-corrected chi connectivity index (χ4v) is 3.08. The molecular formula is C22H28F6N4O4. The largest absolute Gasteiger partial charge is 0.490 e. The summed E-state index contributed by atoms with van der Waals surface area (Å²) >= 11 is 0. The second kappa shape index (κ2) is 13.8. The van der Waals surface area contributed by atoms with Crippen LogP contribution in [-0.4, -0.2) is 87.0 Å². The second-order valence-corrected chi connectivity index (χ2v) is 7.75. The van der Waals surface area contributed by atoms with E-state index in [0.29, 0.717) is 0 Å². The molecule has 0 bridgehead atoms. The number of piperazine rings is 1. The van der Waals surface area contributed by atoms with Crippen LogP contribution in [0.2, 0.25) is 0 Å². The molecule has 2 heterocycles. The number of alkyl halides is 6. The first-order chi connectivity index (χ1) is 16.6. The maximum atomic E-state index is 10.6. The Balaban J connectivity index is 0.000000383. The Morgan fingerprint density at radius 2 is 1.36 bits per heavy atom. The first-order valence-electron chi connectivity index (χ1n) is 10.8. The summed E-state index contributed by atoms with van der Waals surface area (Å²) in [5.41, 5.74) is 3.53. The zero-order valence-electron chi connectivity index (χ0n) is 19.7. The number of nitrogens with one attached hydrogen (secondary N) is 1. The van der Waals surface area contributed by atoms with Gasteiger partial charge in [0.1, 0.15) is 5.82 Å². The number of halogens is 6. The van der Waals surface area contributed by atoms with Crippen molar-refractivity contribution in [1.29, 1.82) is 0 Å². The van der Waals surface area contributed by atoms with E-state index in [2.05, 4.69) is 52.9 Å². The van der Waals surface area contributed by atoms with E-state index >= 15 is 0 Å². The molecule has 0 radical (unpaired) electrons. The SMILES string of the molecule is CCCN1CCN(Cc2nc(-c3ccccc3)[nH]c2C)CC1.O=C(O)C(F)(F)F.O=C(O)C(F)(F)F. The Bertz CT molecular complexity index is 932. The number of hydrogen-bond acceptors (Lipinski definition) is 5. The normalized spacial score (nSPS) is 14.8. The minimum atomic E-state index is -5.08. The number of carboxylic acids is 2. The highest BCUT2D eigenvalue weighted by Crippen LogP contribution is 2.19. The number of carbonyl (C=O) groups is 2. The standard InChI is InChI=1S/C18H26N4.2C2HF3O2/c1-3-9-21-10-12-22(13-11-21)14-17-15(2)19-18(20-17)16-7-5-4-6-8-16;2*3-2(4,5)1(6)7/h4-8H,3,9-14H2,1-2H3,(H,19,20);2*(H,6,7). The Kier molecular flexibility index (Phi) is 11.9. The molecule has 0 spiro atoms. The predicted octanol–water partition coefficient (Wildman–Crippen LogP) is 4.18. The van der Waals surface area contributed by atoms with Crippen LogP contribution < -0.4 is 0 Å². The minimum absolute atomic E-state index is 0.954. The maximum Gasteiger partial charge on any atom is 0.490 e. The number of carboxylic acid groups (broad SMARTS) is 2. The lowest BCUT2D eigenvalue weighted by atomic mass is 10.2. The average Bonchev–Trinajstić information content (AvgIpc) is 3.15. The van der Waals surface area contributed by atoms with Gasteiger partial charge in [-0.25, -0.2) is 14.6 Å². The summed E-state index contributed by atoms with van der Waals surface area (Å²) in [7, 11) is 0. The van der Waals surface area contributed by atoms with Gasteiger partial charge < -0.3 is 20.1 Å². The van der Waals surface area contributed by atoms with Crippen LogP contribution in [-0.2, 0) is 16.1 Å². The third-order valence-corrected chi connectivity index (χ3v) is 4.90. The number of aromatic amines is 1. The van der Waals surface area contributed by atoms with Gasteiger partial charge >= 0.3 is 24.3 Å². The van der Waals surface area contributed by atoms with E-state index in [1.54, 1.807) is 0 Å². The zero-order valence-corrected chi connectivity index (χ0v) is 19.7. The number of benzene rings is 1. The number of aromatic nitrogens is 2. The van der Waals surface area contributed by atoms with Gasteiger partial charge in [0, 0.05) is 44.0 Å². The maximum absolute atomic E-state index is 10.6. The van der Waals surface area contributed by atoms with Gasteiger partial charge in [-0.2, -0.15) is 26.3 Å². The van der Waals surface area contributed by atoms with Crippen LogP contribution in [0, 0.1) is 6.92 Å². The van der Waals surface area contributed by atoms with E-state index in [4.69, 9.17) is 24.8 Å². The van der Waals surface area contributed by atoms with Crippen molar-refractivity contribution >= 4 is 11.9 Å². The topological polar surface area (TPSA) is 110 Å². The fourth-order valence-electron chi connectivity index (χ4n) is 3.08. The first kappa shape index (κ1) is 30.9. The highest BCUT2D eigenvalue weighted by Gasteiger charge is 2.38. The highest BCUT2D eigenvalue weighted by atomic mass is 19.4. The average molecular weight is 526 g/mol. The molecule has 2 aromatic rings. The van der Waals surface area contributed by atoms with Crippen molar-refractivity contribution in [3.05, 3.63) is 41.7 Å². The van der Waals surface area contributed by atoms with Gasteiger partial charge in [-0.05, 0) is 19.9 Å². The van der Waals surface area contributed by atoms with Gasteiger partial charge in [-0.3, -0.25) is 4.90 Å². The molecule has 1 aromatic carbocycles. The van der Waals surface area contributed by atoms with Crippen molar-refractivity contribution in [1.82, 2.24) is 19.8 Å². The Labute approximate surface area is 203 Å². The monoisotopic (exact) mass is 526 g/mol. The van der Waals surface area contributed by atoms with Gasteiger partial charge in [0.2, 0.25) is 0 Å². The molecule has 0 atom stereocenters. The first-order valence-corrected chi connectivity index (χ1v) is 10.8. The van der Waals surface area contributed by atoms with Crippen LogP contribution in [0.15, 0.2) is 30.3 Å². The summed E-state index contributed by atoms with van der Waals surface area (Å²) in [6.45, 7) is 11.2. The fraction of sp³-hybridized carbons (Fsp3) is 0.500. The van der Waals surface area contributed by atoms with Crippen molar-refractivity contribution in [2.24, 2.45) is 0 Å². The lowest BCUT2D eigenvalue weighted by Crippen LogP contribution is -2.46. The molecule has 0 aliphatic carbocycles. The van der Waals surface area contributed by atoms with Gasteiger partial charge in [-0.15, -0.1) is 0 Å². The van der Waals surface area contributed by atoms with Crippen LogP contribution in [0.5, 0.6) is 0 Å². The highest BCUT2D eigenvalue weighted by molar-refractivity contribution is 5.73. The molecule has 1 fully saturated rings. The van der Waals surface area contributed by atoms with E-state index in [9.17, 15) is 26.3 Å². The minimum Gasteiger partial charge on any atom is -0.475 e. The zero-order chi connectivity index (χ0) is 27.5. The molecule has 1 aliphatic rings. The number of aryl methyl sites for hydroxylation is 1. The summed E-state index contributed by atoms with van der Waals surface area (Å²) < 4.78 is 63.5. The molecule has 0 saturated carbocycles. The number of hydrogen-bond donors (Lipinski definition) is 3. The molecule has 1 aliphatic heterocycles. The van der Waals surface area contributed by atoms with Crippen LogP contribution >= 0.6 is 0 Å². The van der Waals surface area contributed by atoms with Gasteiger partial charge in [0.05, 0.1) is 5.69 Å². The van der Waals surface area contributed by atoms with Crippen LogP contribution in [0.4, 0.5) is 26.3 Å². The summed E-state index contributed by atoms with van der Waals surface area (Å²) in [5.74, 6) is -4.53. The molecule has 3 N–H and O–H groups in total. The number of aliphatic carboxylic acids is 2. The molecule has 36 heavy (non-hydrogen) atoms. The van der Waals surface area contributed by atoms with Crippen molar-refractivity contribution < 1.29 is 46.1 Å².